The third-order valence-electron chi connectivity index (χ3n) is 3.42. The van der Waals surface area contributed by atoms with Crippen molar-refractivity contribution in [1.82, 2.24) is 10.3 Å². The molecule has 2 nitrogen and oxygen atoms in total. The van der Waals surface area contributed by atoms with Crippen molar-refractivity contribution in [2.45, 2.75) is 26.8 Å². The van der Waals surface area contributed by atoms with E-state index in [1.54, 1.807) is 0 Å². The molecule has 1 N–H and O–H groups in total. The van der Waals surface area contributed by atoms with Crippen molar-refractivity contribution in [3.05, 3.63) is 63.4 Å². The number of nitrogens with one attached hydrogen (secondary N) is 1. The van der Waals surface area contributed by atoms with Gasteiger partial charge in [0.2, 0.25) is 0 Å². The van der Waals surface area contributed by atoms with Crippen LogP contribution in [0, 0.1) is 13.8 Å². The molecule has 0 saturated heterocycles. The lowest BCUT2D eigenvalue weighted by Crippen LogP contribution is -2.23. The molecule has 0 bridgehead atoms. The van der Waals surface area contributed by atoms with Gasteiger partial charge in [0.05, 0.1) is 6.04 Å². The lowest BCUT2D eigenvalue weighted by Gasteiger charge is -2.22. The summed E-state index contributed by atoms with van der Waals surface area (Å²) < 4.78 is 1.15. The van der Waals surface area contributed by atoms with E-state index in [9.17, 15) is 0 Å². The monoisotopic (exact) mass is 318 g/mol. The molecule has 1 aromatic carbocycles. The number of benzene rings is 1. The summed E-state index contributed by atoms with van der Waals surface area (Å²) in [4.78, 5) is 4.27. The summed E-state index contributed by atoms with van der Waals surface area (Å²) in [5.74, 6) is 0. The lowest BCUT2D eigenvalue weighted by molar-refractivity contribution is 0.622. The molecule has 1 heterocycles. The molecule has 100 valence electrons. The van der Waals surface area contributed by atoms with Gasteiger partial charge in [-0.05, 0) is 54.8 Å². The van der Waals surface area contributed by atoms with Crippen LogP contribution in [0.15, 0.2) is 41.1 Å². The molecule has 0 fully saturated rings. The summed E-state index contributed by atoms with van der Waals surface area (Å²) >= 11 is 3.61. The van der Waals surface area contributed by atoms with E-state index in [0.717, 1.165) is 11.0 Å². The van der Waals surface area contributed by atoms with Crippen molar-refractivity contribution in [2.75, 3.05) is 6.54 Å². The first-order valence-electron chi connectivity index (χ1n) is 6.54. The highest BCUT2D eigenvalue weighted by atomic mass is 79.9. The zero-order valence-corrected chi connectivity index (χ0v) is 13.2. The Labute approximate surface area is 123 Å². The first-order valence-corrected chi connectivity index (χ1v) is 7.33. The minimum atomic E-state index is 0.191. The molecule has 2 aromatic rings. The van der Waals surface area contributed by atoms with Crippen LogP contribution in [0.5, 0.6) is 0 Å². The molecule has 19 heavy (non-hydrogen) atoms. The number of hydrogen-bond acceptors (Lipinski definition) is 2. The van der Waals surface area contributed by atoms with Gasteiger partial charge in [0.15, 0.2) is 0 Å². The molecule has 0 spiro atoms. The van der Waals surface area contributed by atoms with E-state index in [2.05, 4.69) is 71.3 Å². The molecule has 2 rings (SSSR count). The second-order valence-corrected chi connectivity index (χ2v) is 5.53. The van der Waals surface area contributed by atoms with E-state index in [-0.39, 0.29) is 6.04 Å². The van der Waals surface area contributed by atoms with Crippen LogP contribution in [-0.2, 0) is 0 Å². The largest absolute Gasteiger partial charge is 0.306 e. The summed E-state index contributed by atoms with van der Waals surface area (Å²) in [7, 11) is 0. The van der Waals surface area contributed by atoms with Crippen molar-refractivity contribution >= 4 is 15.9 Å². The van der Waals surface area contributed by atoms with Crippen LogP contribution in [0.1, 0.15) is 35.2 Å². The van der Waals surface area contributed by atoms with Crippen LogP contribution in [0.4, 0.5) is 0 Å². The number of nitrogens with zero attached hydrogens (tertiary/aromatic N) is 1. The van der Waals surface area contributed by atoms with Gasteiger partial charge < -0.3 is 5.32 Å². The summed E-state index contributed by atoms with van der Waals surface area (Å²) in [5, 5.41) is 3.56. The topological polar surface area (TPSA) is 24.9 Å². The predicted octanol–water partition coefficient (Wildman–Crippen LogP) is 4.16. The van der Waals surface area contributed by atoms with Crippen LogP contribution in [0.3, 0.4) is 0 Å². The highest BCUT2D eigenvalue weighted by Gasteiger charge is 2.17. The van der Waals surface area contributed by atoms with Gasteiger partial charge in [-0.25, -0.2) is 0 Å². The van der Waals surface area contributed by atoms with Crippen molar-refractivity contribution in [3.63, 3.8) is 0 Å². The zero-order chi connectivity index (χ0) is 13.8. The summed E-state index contributed by atoms with van der Waals surface area (Å²) in [6, 6.07) is 8.60. The Balaban J connectivity index is 2.52. The number of hydrogen-bond donors (Lipinski definition) is 1. The average molecular weight is 319 g/mol. The van der Waals surface area contributed by atoms with Crippen LogP contribution in [0.2, 0.25) is 0 Å². The Bertz CT molecular complexity index is 566. The molecule has 0 saturated carbocycles. The summed E-state index contributed by atoms with van der Waals surface area (Å²) in [6.45, 7) is 7.33. The van der Waals surface area contributed by atoms with Gasteiger partial charge >= 0.3 is 0 Å². The van der Waals surface area contributed by atoms with Crippen LogP contribution >= 0.6 is 15.9 Å². The molecule has 1 aromatic heterocycles. The van der Waals surface area contributed by atoms with Gasteiger partial charge in [0.1, 0.15) is 0 Å². The van der Waals surface area contributed by atoms with Crippen LogP contribution < -0.4 is 5.32 Å². The molecule has 1 unspecified atom stereocenters. The summed E-state index contributed by atoms with van der Waals surface area (Å²) in [5.41, 5.74) is 5.08. The molecule has 0 aliphatic carbocycles. The van der Waals surface area contributed by atoms with E-state index in [1.165, 1.54) is 22.3 Å². The van der Waals surface area contributed by atoms with Crippen molar-refractivity contribution < 1.29 is 0 Å². The zero-order valence-electron chi connectivity index (χ0n) is 11.6. The Kier molecular flexibility index (Phi) is 4.72. The normalized spacial score (nSPS) is 12.4. The fraction of sp³-hybridized carbons (Fsp3) is 0.312. The number of halogens is 1. The van der Waals surface area contributed by atoms with E-state index >= 15 is 0 Å². The van der Waals surface area contributed by atoms with E-state index in [1.807, 2.05) is 12.4 Å². The second kappa shape index (κ2) is 6.31. The van der Waals surface area contributed by atoms with Crippen LogP contribution in [0.25, 0.3) is 0 Å². The Hall–Kier alpha value is -1.19. The third-order valence-corrected chi connectivity index (χ3v) is 4.28. The molecule has 3 heteroatoms. The van der Waals surface area contributed by atoms with Gasteiger partial charge in [-0.1, -0.05) is 35.0 Å². The van der Waals surface area contributed by atoms with Crippen molar-refractivity contribution in [3.8, 4) is 0 Å². The quantitative estimate of drug-likeness (QED) is 0.915. The van der Waals surface area contributed by atoms with Crippen molar-refractivity contribution in [1.29, 1.82) is 0 Å². The molecule has 0 aliphatic rings. The number of rotatable bonds is 4. The van der Waals surface area contributed by atoms with Gasteiger partial charge in [-0.15, -0.1) is 0 Å². The Morgan fingerprint density at radius 1 is 1.21 bits per heavy atom. The Morgan fingerprint density at radius 2 is 2.00 bits per heavy atom. The highest BCUT2D eigenvalue weighted by molar-refractivity contribution is 9.10. The molecule has 0 aliphatic heterocycles. The SMILES string of the molecule is CCNC(c1cnccc1C)c1cccc(Br)c1C. The molecule has 1 atom stereocenters. The van der Waals surface area contributed by atoms with E-state index in [4.69, 9.17) is 0 Å². The van der Waals surface area contributed by atoms with Gasteiger partial charge in [-0.2, -0.15) is 0 Å². The molecular formula is C16H19BrN2. The maximum atomic E-state index is 4.27. The third kappa shape index (κ3) is 3.04. The first-order chi connectivity index (χ1) is 9.15. The maximum Gasteiger partial charge on any atom is 0.0597 e. The molecule has 0 radical (unpaired) electrons. The minimum Gasteiger partial charge on any atom is -0.306 e. The van der Waals surface area contributed by atoms with Gasteiger partial charge in [-0.3, -0.25) is 4.98 Å². The Morgan fingerprint density at radius 3 is 2.68 bits per heavy atom. The number of pyridine rings is 1. The minimum absolute atomic E-state index is 0.191. The molecular weight excluding hydrogens is 300 g/mol. The fourth-order valence-electron chi connectivity index (χ4n) is 2.31. The number of aromatic nitrogens is 1. The van der Waals surface area contributed by atoms with E-state index < -0.39 is 0 Å². The number of aryl methyl sites for hydroxylation is 1. The maximum absolute atomic E-state index is 4.27. The summed E-state index contributed by atoms with van der Waals surface area (Å²) in [6.07, 6.45) is 3.80. The van der Waals surface area contributed by atoms with Gasteiger partial charge in [0.25, 0.3) is 0 Å². The standard InChI is InChI=1S/C16H19BrN2/c1-4-19-16(14-10-18-9-8-11(14)2)13-6-5-7-15(17)12(13)3/h5-10,16,19H,4H2,1-3H3. The van der Waals surface area contributed by atoms with E-state index in [0.29, 0.717) is 0 Å². The first kappa shape index (κ1) is 14.2. The smallest absolute Gasteiger partial charge is 0.0597 e. The fourth-order valence-corrected chi connectivity index (χ4v) is 2.69. The van der Waals surface area contributed by atoms with Gasteiger partial charge in [0, 0.05) is 16.9 Å². The molecule has 0 amide bonds. The highest BCUT2D eigenvalue weighted by Crippen LogP contribution is 2.30. The lowest BCUT2D eigenvalue weighted by atomic mass is 9.93. The second-order valence-electron chi connectivity index (χ2n) is 4.68. The average Bonchev–Trinajstić information content (AvgIpc) is 2.41. The van der Waals surface area contributed by atoms with Crippen molar-refractivity contribution in [2.24, 2.45) is 0 Å². The van der Waals surface area contributed by atoms with Crippen LogP contribution in [-0.4, -0.2) is 11.5 Å². The predicted molar refractivity (Wildman–Crippen MR) is 83.4 cm³/mol.